The van der Waals surface area contributed by atoms with Gasteiger partial charge in [0.05, 0.1) is 11.6 Å². The zero-order valence-electron chi connectivity index (χ0n) is 14.3. The SMILES string of the molecule is COc1ccc(C=Cc2nc3sc(=Cc4ccc(F)cc4)c(=O)n3n2)cc1. The summed E-state index contributed by atoms with van der Waals surface area (Å²) in [6.45, 7) is 0. The Morgan fingerprint density at radius 2 is 1.74 bits per heavy atom. The first kappa shape index (κ1) is 17.1. The molecule has 0 saturated heterocycles. The van der Waals surface area contributed by atoms with Gasteiger partial charge in [0.1, 0.15) is 11.6 Å². The minimum atomic E-state index is -0.314. The van der Waals surface area contributed by atoms with Crippen molar-refractivity contribution in [3.8, 4) is 5.75 Å². The highest BCUT2D eigenvalue weighted by atomic mass is 32.1. The quantitative estimate of drug-likeness (QED) is 0.547. The summed E-state index contributed by atoms with van der Waals surface area (Å²) < 4.78 is 19.9. The number of fused-ring (bicyclic) bond motifs is 1. The van der Waals surface area contributed by atoms with E-state index < -0.39 is 0 Å². The molecule has 0 aliphatic carbocycles. The Morgan fingerprint density at radius 1 is 1.04 bits per heavy atom. The van der Waals surface area contributed by atoms with Crippen LogP contribution in [0.15, 0.2) is 53.3 Å². The van der Waals surface area contributed by atoms with E-state index in [2.05, 4.69) is 10.1 Å². The summed E-state index contributed by atoms with van der Waals surface area (Å²) >= 11 is 1.25. The van der Waals surface area contributed by atoms with E-state index in [9.17, 15) is 9.18 Å². The monoisotopic (exact) mass is 379 g/mol. The van der Waals surface area contributed by atoms with Crippen LogP contribution in [0.4, 0.5) is 4.39 Å². The molecular formula is C20H14FN3O2S. The molecule has 0 amide bonds. The second-order valence-corrected chi connectivity index (χ2v) is 6.75. The summed E-state index contributed by atoms with van der Waals surface area (Å²) in [5.41, 5.74) is 1.48. The zero-order valence-corrected chi connectivity index (χ0v) is 15.1. The number of halogens is 1. The van der Waals surface area contributed by atoms with E-state index >= 15 is 0 Å². The van der Waals surface area contributed by atoms with Crippen molar-refractivity contribution in [3.05, 3.63) is 86.2 Å². The third-order valence-corrected chi connectivity index (χ3v) is 4.87. The number of rotatable bonds is 4. The molecule has 4 rings (SSSR count). The molecule has 0 aliphatic rings. The second-order valence-electron chi connectivity index (χ2n) is 5.74. The minimum absolute atomic E-state index is 0.240. The number of nitrogens with zero attached hydrogens (tertiary/aromatic N) is 3. The molecule has 0 aliphatic heterocycles. The van der Waals surface area contributed by atoms with Crippen molar-refractivity contribution >= 4 is 34.5 Å². The normalized spacial score (nSPS) is 12.3. The molecule has 0 saturated carbocycles. The first-order valence-electron chi connectivity index (χ1n) is 8.11. The van der Waals surface area contributed by atoms with Gasteiger partial charge in [-0.25, -0.2) is 4.39 Å². The predicted octanol–water partition coefficient (Wildman–Crippen LogP) is 3.02. The van der Waals surface area contributed by atoms with E-state index in [1.165, 1.54) is 28.0 Å². The van der Waals surface area contributed by atoms with Crippen LogP contribution in [0.1, 0.15) is 17.0 Å². The van der Waals surface area contributed by atoms with Gasteiger partial charge in [0.25, 0.3) is 5.56 Å². The summed E-state index contributed by atoms with van der Waals surface area (Å²) in [5.74, 6) is 0.932. The summed E-state index contributed by atoms with van der Waals surface area (Å²) in [6.07, 6.45) is 5.33. The molecule has 0 radical (unpaired) electrons. The van der Waals surface area contributed by atoms with Crippen molar-refractivity contribution < 1.29 is 9.13 Å². The molecule has 0 bridgehead atoms. The zero-order chi connectivity index (χ0) is 18.8. The van der Waals surface area contributed by atoms with Crippen LogP contribution in [0.2, 0.25) is 0 Å². The average molecular weight is 379 g/mol. The number of benzene rings is 2. The minimum Gasteiger partial charge on any atom is -0.497 e. The van der Waals surface area contributed by atoms with Gasteiger partial charge in [-0.3, -0.25) is 4.79 Å². The molecule has 5 nitrogen and oxygen atoms in total. The van der Waals surface area contributed by atoms with Crippen molar-refractivity contribution in [3.63, 3.8) is 0 Å². The van der Waals surface area contributed by atoms with Gasteiger partial charge in [-0.05, 0) is 47.5 Å². The van der Waals surface area contributed by atoms with Gasteiger partial charge < -0.3 is 4.74 Å². The van der Waals surface area contributed by atoms with E-state index in [1.807, 2.05) is 30.3 Å². The Morgan fingerprint density at radius 3 is 2.41 bits per heavy atom. The van der Waals surface area contributed by atoms with Gasteiger partial charge in [0, 0.05) is 0 Å². The fourth-order valence-electron chi connectivity index (χ4n) is 2.52. The highest BCUT2D eigenvalue weighted by Crippen LogP contribution is 2.13. The molecule has 2 aromatic heterocycles. The molecule has 0 fully saturated rings. The topological polar surface area (TPSA) is 56.5 Å². The van der Waals surface area contributed by atoms with Crippen molar-refractivity contribution in [2.75, 3.05) is 7.11 Å². The number of hydrogen-bond donors (Lipinski definition) is 0. The van der Waals surface area contributed by atoms with Crippen LogP contribution in [0, 0.1) is 5.82 Å². The van der Waals surface area contributed by atoms with E-state index in [1.54, 1.807) is 31.4 Å². The van der Waals surface area contributed by atoms with Crippen LogP contribution < -0.4 is 14.8 Å². The lowest BCUT2D eigenvalue weighted by Crippen LogP contribution is -2.23. The Hall–Kier alpha value is -3.32. The molecule has 2 aromatic carbocycles. The van der Waals surface area contributed by atoms with Crippen LogP contribution in [-0.4, -0.2) is 21.7 Å². The molecular weight excluding hydrogens is 365 g/mol. The Balaban J connectivity index is 1.62. The Kier molecular flexibility index (Phi) is 4.52. The number of thiazole rings is 1. The standard InChI is InChI=1S/C20H14FN3O2S/c1-26-16-9-4-13(5-10-16)6-11-18-22-20-24(23-18)19(25)17(27-20)12-14-2-7-15(21)8-3-14/h2-12H,1H3. The fourth-order valence-corrected chi connectivity index (χ4v) is 3.43. The van der Waals surface area contributed by atoms with Crippen LogP contribution in [0.5, 0.6) is 5.75 Å². The molecule has 0 spiro atoms. The van der Waals surface area contributed by atoms with Crippen LogP contribution in [0.3, 0.4) is 0 Å². The average Bonchev–Trinajstić information content (AvgIpc) is 3.21. The summed E-state index contributed by atoms with van der Waals surface area (Å²) in [5, 5.41) is 4.25. The highest BCUT2D eigenvalue weighted by Gasteiger charge is 2.08. The first-order chi connectivity index (χ1) is 13.1. The summed E-state index contributed by atoms with van der Waals surface area (Å²) in [4.78, 5) is 17.4. The first-order valence-corrected chi connectivity index (χ1v) is 8.93. The highest BCUT2D eigenvalue weighted by molar-refractivity contribution is 7.15. The van der Waals surface area contributed by atoms with Gasteiger partial charge >= 0.3 is 0 Å². The molecule has 0 atom stereocenters. The fraction of sp³-hybridized carbons (Fsp3) is 0.0500. The molecule has 134 valence electrons. The third-order valence-electron chi connectivity index (χ3n) is 3.91. The van der Waals surface area contributed by atoms with Gasteiger partial charge in [0.2, 0.25) is 4.96 Å². The Bertz CT molecular complexity index is 1230. The van der Waals surface area contributed by atoms with Crippen LogP contribution in [0.25, 0.3) is 23.2 Å². The molecule has 27 heavy (non-hydrogen) atoms. The second kappa shape index (κ2) is 7.13. The molecule has 0 unspecified atom stereocenters. The number of hydrogen-bond acceptors (Lipinski definition) is 5. The van der Waals surface area contributed by atoms with Gasteiger partial charge in [-0.1, -0.05) is 41.7 Å². The molecule has 2 heterocycles. The maximum Gasteiger partial charge on any atom is 0.291 e. The number of ether oxygens (including phenoxy) is 1. The summed E-state index contributed by atoms with van der Waals surface area (Å²) in [6, 6.07) is 13.5. The predicted molar refractivity (Wildman–Crippen MR) is 104 cm³/mol. The number of methoxy groups -OCH3 is 1. The van der Waals surface area contributed by atoms with Gasteiger partial charge in [-0.15, -0.1) is 5.10 Å². The molecule has 4 aromatic rings. The van der Waals surface area contributed by atoms with Crippen molar-refractivity contribution in [1.82, 2.24) is 14.6 Å². The lowest BCUT2D eigenvalue weighted by atomic mass is 10.2. The lowest BCUT2D eigenvalue weighted by Gasteiger charge is -1.98. The van der Waals surface area contributed by atoms with Gasteiger partial charge in [0.15, 0.2) is 5.82 Å². The maximum atomic E-state index is 13.0. The molecule has 0 N–H and O–H groups in total. The van der Waals surface area contributed by atoms with Gasteiger partial charge in [-0.2, -0.15) is 9.50 Å². The third kappa shape index (κ3) is 3.63. The molecule has 7 heteroatoms. The van der Waals surface area contributed by atoms with Crippen molar-refractivity contribution in [2.24, 2.45) is 0 Å². The van der Waals surface area contributed by atoms with Crippen molar-refractivity contribution in [1.29, 1.82) is 0 Å². The van der Waals surface area contributed by atoms with E-state index in [-0.39, 0.29) is 11.4 Å². The largest absolute Gasteiger partial charge is 0.497 e. The van der Waals surface area contributed by atoms with E-state index in [0.29, 0.717) is 15.3 Å². The van der Waals surface area contributed by atoms with Crippen LogP contribution in [-0.2, 0) is 0 Å². The van der Waals surface area contributed by atoms with E-state index in [0.717, 1.165) is 16.9 Å². The Labute approximate surface area is 157 Å². The maximum absolute atomic E-state index is 13.0. The van der Waals surface area contributed by atoms with Crippen molar-refractivity contribution in [2.45, 2.75) is 0 Å². The van der Waals surface area contributed by atoms with E-state index in [4.69, 9.17) is 4.74 Å². The number of aromatic nitrogens is 3. The summed E-state index contributed by atoms with van der Waals surface area (Å²) in [7, 11) is 1.62. The smallest absolute Gasteiger partial charge is 0.291 e. The lowest BCUT2D eigenvalue weighted by molar-refractivity contribution is 0.415. The van der Waals surface area contributed by atoms with Crippen LogP contribution >= 0.6 is 11.3 Å².